The number of aromatic nitrogens is 1. The maximum Gasteiger partial charge on any atom is 0.317 e. The number of pyridine rings is 1. The molecule has 3 nitrogen and oxygen atoms in total. The van der Waals surface area contributed by atoms with Gasteiger partial charge < -0.3 is 5.11 Å². The van der Waals surface area contributed by atoms with Crippen molar-refractivity contribution in [3.05, 3.63) is 23.4 Å². The lowest BCUT2D eigenvalue weighted by atomic mass is 10.1. The molecule has 0 aliphatic carbocycles. The fourth-order valence-corrected chi connectivity index (χ4v) is 2.55. The van der Waals surface area contributed by atoms with Gasteiger partial charge in [0.05, 0.1) is 5.03 Å². The van der Waals surface area contributed by atoms with Crippen LogP contribution in [0.4, 0.5) is 0 Å². The highest BCUT2D eigenvalue weighted by Gasteiger charge is 2.23. The molecule has 1 aromatic heterocycles. The normalized spacial score (nSPS) is 12.8. The van der Waals surface area contributed by atoms with Gasteiger partial charge in [-0.3, -0.25) is 4.79 Å². The predicted molar refractivity (Wildman–Crippen MR) is 65.8 cm³/mol. The molecular weight excluding hydrogens is 222 g/mol. The predicted octanol–water partition coefficient (Wildman–Crippen LogP) is 2.90. The van der Waals surface area contributed by atoms with Crippen LogP contribution >= 0.6 is 11.8 Å². The molecule has 0 radical (unpaired) electrons. The van der Waals surface area contributed by atoms with Gasteiger partial charge in [-0.1, -0.05) is 25.6 Å². The van der Waals surface area contributed by atoms with E-state index in [0.717, 1.165) is 16.3 Å². The van der Waals surface area contributed by atoms with Crippen LogP contribution in [-0.2, 0) is 4.79 Å². The maximum absolute atomic E-state index is 11.1. The Kier molecular flexibility index (Phi) is 4.35. The summed E-state index contributed by atoms with van der Waals surface area (Å²) in [7, 11) is 0. The number of hydrogen-bond acceptors (Lipinski definition) is 3. The van der Waals surface area contributed by atoms with Crippen LogP contribution in [-0.4, -0.2) is 21.3 Å². The Labute approximate surface area is 100 Å². The van der Waals surface area contributed by atoms with E-state index in [4.69, 9.17) is 5.11 Å². The molecule has 0 saturated heterocycles. The van der Waals surface area contributed by atoms with Gasteiger partial charge in [0.1, 0.15) is 5.25 Å². The molecule has 1 aromatic rings. The second-order valence-electron chi connectivity index (χ2n) is 4.24. The van der Waals surface area contributed by atoms with Crippen LogP contribution < -0.4 is 0 Å². The fourth-order valence-electron chi connectivity index (χ4n) is 1.47. The van der Waals surface area contributed by atoms with Crippen LogP contribution in [0.15, 0.2) is 17.2 Å². The minimum Gasteiger partial charge on any atom is -0.480 e. The third kappa shape index (κ3) is 3.52. The first-order chi connectivity index (χ1) is 7.40. The Morgan fingerprint density at radius 2 is 2.00 bits per heavy atom. The molecule has 0 spiro atoms. The number of thioether (sulfide) groups is 1. The zero-order chi connectivity index (χ0) is 12.3. The van der Waals surface area contributed by atoms with Crippen molar-refractivity contribution in [2.45, 2.75) is 38.0 Å². The van der Waals surface area contributed by atoms with E-state index in [9.17, 15) is 4.79 Å². The summed E-state index contributed by atoms with van der Waals surface area (Å²) in [6, 6.07) is 3.91. The van der Waals surface area contributed by atoms with Crippen LogP contribution in [0.5, 0.6) is 0 Å². The van der Waals surface area contributed by atoms with Gasteiger partial charge in [-0.15, -0.1) is 0 Å². The minimum atomic E-state index is -0.777. The summed E-state index contributed by atoms with van der Waals surface area (Å²) < 4.78 is 0. The number of aryl methyl sites for hydroxylation is 2. The van der Waals surface area contributed by atoms with Gasteiger partial charge in [0, 0.05) is 5.69 Å². The first-order valence-electron chi connectivity index (χ1n) is 5.25. The molecule has 0 aromatic carbocycles. The van der Waals surface area contributed by atoms with Crippen LogP contribution in [0.25, 0.3) is 0 Å². The molecule has 0 bridgehead atoms. The SMILES string of the molecule is Cc1cc(C)nc(SC(C(=O)O)C(C)C)c1. The van der Waals surface area contributed by atoms with Crippen molar-refractivity contribution in [1.29, 1.82) is 0 Å². The van der Waals surface area contributed by atoms with E-state index in [1.54, 1.807) is 0 Å². The first-order valence-corrected chi connectivity index (χ1v) is 6.13. The number of aliphatic carboxylic acids is 1. The van der Waals surface area contributed by atoms with Crippen molar-refractivity contribution >= 4 is 17.7 Å². The number of carboxylic acids is 1. The number of hydrogen-bond donors (Lipinski definition) is 1. The Morgan fingerprint density at radius 1 is 1.38 bits per heavy atom. The van der Waals surface area contributed by atoms with E-state index in [1.165, 1.54) is 11.8 Å². The average molecular weight is 239 g/mol. The molecule has 1 N–H and O–H groups in total. The molecular formula is C12H17NO2S. The minimum absolute atomic E-state index is 0.0881. The average Bonchev–Trinajstić information content (AvgIpc) is 2.11. The molecule has 0 fully saturated rings. The Hall–Kier alpha value is -1.03. The van der Waals surface area contributed by atoms with Crippen LogP contribution in [0, 0.1) is 19.8 Å². The molecule has 1 unspecified atom stereocenters. The van der Waals surface area contributed by atoms with Gasteiger partial charge in [0.25, 0.3) is 0 Å². The standard InChI is InChI=1S/C12H17NO2S/c1-7(2)11(12(14)15)16-10-6-8(3)5-9(4)13-10/h5-7,11H,1-4H3,(H,14,15). The Balaban J connectivity index is 2.89. The maximum atomic E-state index is 11.1. The zero-order valence-electron chi connectivity index (χ0n) is 10.0. The van der Waals surface area contributed by atoms with Crippen LogP contribution in [0.3, 0.4) is 0 Å². The van der Waals surface area contributed by atoms with Gasteiger partial charge >= 0.3 is 5.97 Å². The molecule has 1 heterocycles. The van der Waals surface area contributed by atoms with Crippen molar-refractivity contribution in [1.82, 2.24) is 4.98 Å². The third-order valence-corrected chi connectivity index (χ3v) is 3.62. The van der Waals surface area contributed by atoms with Gasteiger partial charge in [0.15, 0.2) is 0 Å². The molecule has 88 valence electrons. The molecule has 0 amide bonds. The van der Waals surface area contributed by atoms with Crippen LogP contribution in [0.2, 0.25) is 0 Å². The highest BCUT2D eigenvalue weighted by atomic mass is 32.2. The highest BCUT2D eigenvalue weighted by molar-refractivity contribution is 8.00. The number of carboxylic acid groups (broad SMARTS) is 1. The lowest BCUT2D eigenvalue weighted by molar-refractivity contribution is -0.137. The summed E-state index contributed by atoms with van der Waals surface area (Å²) in [5.74, 6) is -0.689. The number of carbonyl (C=O) groups is 1. The van der Waals surface area contributed by atoms with E-state index in [0.29, 0.717) is 0 Å². The van der Waals surface area contributed by atoms with Crippen molar-refractivity contribution < 1.29 is 9.90 Å². The van der Waals surface area contributed by atoms with E-state index in [1.807, 2.05) is 39.8 Å². The fraction of sp³-hybridized carbons (Fsp3) is 0.500. The lowest BCUT2D eigenvalue weighted by Crippen LogP contribution is -2.22. The topological polar surface area (TPSA) is 50.2 Å². The largest absolute Gasteiger partial charge is 0.480 e. The van der Waals surface area contributed by atoms with E-state index in [-0.39, 0.29) is 5.92 Å². The monoisotopic (exact) mass is 239 g/mol. The second kappa shape index (κ2) is 5.34. The van der Waals surface area contributed by atoms with Crippen molar-refractivity contribution in [3.63, 3.8) is 0 Å². The van der Waals surface area contributed by atoms with Crippen molar-refractivity contribution in [2.24, 2.45) is 5.92 Å². The molecule has 1 atom stereocenters. The van der Waals surface area contributed by atoms with E-state index >= 15 is 0 Å². The molecule has 4 heteroatoms. The quantitative estimate of drug-likeness (QED) is 0.821. The Morgan fingerprint density at radius 3 is 2.44 bits per heavy atom. The molecule has 0 aliphatic heterocycles. The van der Waals surface area contributed by atoms with E-state index < -0.39 is 11.2 Å². The molecule has 0 saturated carbocycles. The Bertz CT molecular complexity index is 370. The first kappa shape index (κ1) is 13.0. The van der Waals surface area contributed by atoms with Gasteiger partial charge in [-0.05, 0) is 37.5 Å². The van der Waals surface area contributed by atoms with Crippen LogP contribution in [0.1, 0.15) is 25.1 Å². The highest BCUT2D eigenvalue weighted by Crippen LogP contribution is 2.27. The second-order valence-corrected chi connectivity index (χ2v) is 5.41. The van der Waals surface area contributed by atoms with Gasteiger partial charge in [-0.25, -0.2) is 4.98 Å². The number of rotatable bonds is 4. The van der Waals surface area contributed by atoms with E-state index in [2.05, 4.69) is 4.98 Å². The summed E-state index contributed by atoms with van der Waals surface area (Å²) in [5.41, 5.74) is 2.04. The van der Waals surface area contributed by atoms with Crippen molar-refractivity contribution in [2.75, 3.05) is 0 Å². The van der Waals surface area contributed by atoms with Gasteiger partial charge in [0.2, 0.25) is 0 Å². The van der Waals surface area contributed by atoms with Crippen molar-refractivity contribution in [3.8, 4) is 0 Å². The van der Waals surface area contributed by atoms with Gasteiger partial charge in [-0.2, -0.15) is 0 Å². The lowest BCUT2D eigenvalue weighted by Gasteiger charge is -2.15. The molecule has 1 rings (SSSR count). The zero-order valence-corrected chi connectivity index (χ0v) is 10.8. The smallest absolute Gasteiger partial charge is 0.317 e. The number of nitrogens with zero attached hydrogens (tertiary/aromatic N) is 1. The summed E-state index contributed by atoms with van der Waals surface area (Å²) >= 11 is 1.32. The molecule has 0 aliphatic rings. The third-order valence-electron chi connectivity index (χ3n) is 2.17. The molecule has 16 heavy (non-hydrogen) atoms. The summed E-state index contributed by atoms with van der Waals surface area (Å²) in [5, 5.41) is 9.45. The summed E-state index contributed by atoms with van der Waals surface area (Å²) in [6.07, 6.45) is 0. The summed E-state index contributed by atoms with van der Waals surface area (Å²) in [6.45, 7) is 7.73. The summed E-state index contributed by atoms with van der Waals surface area (Å²) in [4.78, 5) is 15.4.